The molecule has 2 aromatic rings. The lowest BCUT2D eigenvalue weighted by molar-refractivity contribution is -0.131. The van der Waals surface area contributed by atoms with E-state index in [1.165, 1.54) is 0 Å². The van der Waals surface area contributed by atoms with Crippen LogP contribution in [0, 0.1) is 18.8 Å². The van der Waals surface area contributed by atoms with Gasteiger partial charge in [-0.3, -0.25) is 9.78 Å². The number of nitrogens with zero attached hydrogens (tertiary/aromatic N) is 5. The van der Waals surface area contributed by atoms with Crippen LogP contribution in [-0.4, -0.2) is 45.4 Å². The number of rotatable bonds is 3. The summed E-state index contributed by atoms with van der Waals surface area (Å²) in [5, 5.41) is 0. The first kappa shape index (κ1) is 14.1. The van der Waals surface area contributed by atoms with Crippen LogP contribution in [0.3, 0.4) is 0 Å². The van der Waals surface area contributed by atoms with E-state index in [9.17, 15) is 4.79 Å². The van der Waals surface area contributed by atoms with Gasteiger partial charge in [0.2, 0.25) is 11.9 Å². The second-order valence-electron chi connectivity index (χ2n) is 6.41. The molecule has 2 aliphatic heterocycles. The largest absolute Gasteiger partial charge is 0.340 e. The maximum Gasteiger partial charge on any atom is 0.228 e. The van der Waals surface area contributed by atoms with Crippen molar-refractivity contribution in [2.75, 3.05) is 24.5 Å². The standard InChI is InChI=1S/C17H19N5O/c1-12-5-19-17(20-6-12)22-10-14-9-21(16(23)15(14)11-22)8-13-3-2-4-18-7-13/h2-7,14-15H,8-11H2,1H3/t14-,15+/m0/s1. The lowest BCUT2D eigenvalue weighted by atomic mass is 10.0. The maximum absolute atomic E-state index is 12.7. The topological polar surface area (TPSA) is 62.2 Å². The number of aryl methyl sites for hydroxylation is 1. The molecule has 2 aromatic heterocycles. The fourth-order valence-corrected chi connectivity index (χ4v) is 3.51. The smallest absolute Gasteiger partial charge is 0.228 e. The van der Waals surface area contributed by atoms with Crippen LogP contribution in [0.4, 0.5) is 5.95 Å². The number of hydrogen-bond donors (Lipinski definition) is 0. The average molecular weight is 309 g/mol. The van der Waals surface area contributed by atoms with Crippen LogP contribution >= 0.6 is 0 Å². The highest BCUT2D eigenvalue weighted by Crippen LogP contribution is 2.34. The van der Waals surface area contributed by atoms with E-state index in [1.807, 2.05) is 42.5 Å². The zero-order valence-corrected chi connectivity index (χ0v) is 13.1. The van der Waals surface area contributed by atoms with E-state index in [4.69, 9.17) is 0 Å². The fraction of sp³-hybridized carbons (Fsp3) is 0.412. The Balaban J connectivity index is 1.44. The van der Waals surface area contributed by atoms with E-state index in [2.05, 4.69) is 19.9 Å². The number of fused-ring (bicyclic) bond motifs is 1. The molecule has 0 unspecified atom stereocenters. The molecule has 0 saturated carbocycles. The number of amides is 1. The van der Waals surface area contributed by atoms with Crippen molar-refractivity contribution < 1.29 is 4.79 Å². The zero-order chi connectivity index (χ0) is 15.8. The quantitative estimate of drug-likeness (QED) is 0.854. The number of aromatic nitrogens is 3. The van der Waals surface area contributed by atoms with E-state index < -0.39 is 0 Å². The molecular formula is C17H19N5O. The Hall–Kier alpha value is -2.50. The first-order valence-corrected chi connectivity index (χ1v) is 7.92. The summed E-state index contributed by atoms with van der Waals surface area (Å²) < 4.78 is 0. The molecule has 0 radical (unpaired) electrons. The number of likely N-dealkylation sites (tertiary alicyclic amines) is 1. The molecule has 0 spiro atoms. The van der Waals surface area contributed by atoms with Crippen LogP contribution in [-0.2, 0) is 11.3 Å². The van der Waals surface area contributed by atoms with E-state index >= 15 is 0 Å². The van der Waals surface area contributed by atoms with Gasteiger partial charge in [0.1, 0.15) is 0 Å². The van der Waals surface area contributed by atoms with Gasteiger partial charge in [0, 0.05) is 56.9 Å². The molecule has 0 aliphatic carbocycles. The predicted molar refractivity (Wildman–Crippen MR) is 85.6 cm³/mol. The Bertz CT molecular complexity index is 703. The molecular weight excluding hydrogens is 290 g/mol. The van der Waals surface area contributed by atoms with Gasteiger partial charge in [0.05, 0.1) is 5.92 Å². The van der Waals surface area contributed by atoms with Gasteiger partial charge in [-0.05, 0) is 24.1 Å². The second-order valence-corrected chi connectivity index (χ2v) is 6.41. The summed E-state index contributed by atoms with van der Waals surface area (Å²) in [7, 11) is 0. The normalized spacial score (nSPS) is 23.4. The van der Waals surface area contributed by atoms with Gasteiger partial charge in [-0.25, -0.2) is 9.97 Å². The number of carbonyl (C=O) groups excluding carboxylic acids is 1. The van der Waals surface area contributed by atoms with Crippen LogP contribution in [0.2, 0.25) is 0 Å². The van der Waals surface area contributed by atoms with Crippen molar-refractivity contribution in [1.82, 2.24) is 19.9 Å². The summed E-state index contributed by atoms with van der Waals surface area (Å²) in [6.45, 7) is 5.00. The summed E-state index contributed by atoms with van der Waals surface area (Å²) in [4.78, 5) is 29.6. The molecule has 118 valence electrons. The summed E-state index contributed by atoms with van der Waals surface area (Å²) >= 11 is 0. The summed E-state index contributed by atoms with van der Waals surface area (Å²) in [6, 6.07) is 3.92. The van der Waals surface area contributed by atoms with Gasteiger partial charge in [-0.2, -0.15) is 0 Å². The first-order chi connectivity index (χ1) is 11.2. The summed E-state index contributed by atoms with van der Waals surface area (Å²) in [5.41, 5.74) is 2.13. The number of anilines is 1. The van der Waals surface area contributed by atoms with Crippen LogP contribution in [0.15, 0.2) is 36.9 Å². The van der Waals surface area contributed by atoms with Gasteiger partial charge in [0.25, 0.3) is 0 Å². The third-order valence-corrected chi connectivity index (χ3v) is 4.67. The minimum absolute atomic E-state index is 0.0663. The Morgan fingerprint density at radius 3 is 2.70 bits per heavy atom. The van der Waals surface area contributed by atoms with E-state index in [1.54, 1.807) is 6.20 Å². The van der Waals surface area contributed by atoms with Crippen LogP contribution < -0.4 is 4.90 Å². The highest BCUT2D eigenvalue weighted by molar-refractivity contribution is 5.83. The minimum atomic E-state index is 0.0663. The molecule has 2 aliphatic rings. The molecule has 0 N–H and O–H groups in total. The third kappa shape index (κ3) is 2.65. The highest BCUT2D eigenvalue weighted by atomic mass is 16.2. The minimum Gasteiger partial charge on any atom is -0.340 e. The lowest BCUT2D eigenvalue weighted by Crippen LogP contribution is -2.33. The Labute approximate surface area is 135 Å². The van der Waals surface area contributed by atoms with E-state index in [0.29, 0.717) is 12.5 Å². The molecule has 0 aromatic carbocycles. The van der Waals surface area contributed by atoms with Gasteiger partial charge in [0.15, 0.2) is 0 Å². The fourth-order valence-electron chi connectivity index (χ4n) is 3.51. The van der Waals surface area contributed by atoms with Gasteiger partial charge in [-0.15, -0.1) is 0 Å². The molecule has 6 nitrogen and oxygen atoms in total. The number of pyridine rings is 1. The maximum atomic E-state index is 12.7. The third-order valence-electron chi connectivity index (χ3n) is 4.67. The van der Waals surface area contributed by atoms with Crippen LogP contribution in [0.25, 0.3) is 0 Å². The molecule has 6 heteroatoms. The van der Waals surface area contributed by atoms with Crippen LogP contribution in [0.1, 0.15) is 11.1 Å². The SMILES string of the molecule is Cc1cnc(N2C[C@@H]3CN(Cc4cccnc4)C(=O)[C@@H]3C2)nc1. The molecule has 2 fully saturated rings. The number of hydrogen-bond acceptors (Lipinski definition) is 5. The molecule has 4 rings (SSSR count). The van der Waals surface area contributed by atoms with Gasteiger partial charge in [-0.1, -0.05) is 6.07 Å². The van der Waals surface area contributed by atoms with E-state index in [0.717, 1.165) is 36.7 Å². The molecule has 2 atom stereocenters. The molecule has 1 amide bonds. The zero-order valence-electron chi connectivity index (χ0n) is 13.1. The van der Waals surface area contributed by atoms with Crippen molar-refractivity contribution in [3.63, 3.8) is 0 Å². The Morgan fingerprint density at radius 1 is 1.17 bits per heavy atom. The van der Waals surface area contributed by atoms with Gasteiger partial charge < -0.3 is 9.80 Å². The molecule has 4 heterocycles. The first-order valence-electron chi connectivity index (χ1n) is 7.92. The number of carbonyl (C=O) groups is 1. The monoisotopic (exact) mass is 309 g/mol. The molecule has 2 saturated heterocycles. The van der Waals surface area contributed by atoms with Gasteiger partial charge >= 0.3 is 0 Å². The van der Waals surface area contributed by atoms with Crippen molar-refractivity contribution >= 4 is 11.9 Å². The second kappa shape index (κ2) is 5.61. The van der Waals surface area contributed by atoms with Crippen molar-refractivity contribution in [2.24, 2.45) is 11.8 Å². The van der Waals surface area contributed by atoms with Crippen molar-refractivity contribution in [3.8, 4) is 0 Å². The predicted octanol–water partition coefficient (Wildman–Crippen LogP) is 1.27. The summed E-state index contributed by atoms with van der Waals surface area (Å²) in [5.74, 6) is 1.41. The van der Waals surface area contributed by atoms with Crippen LogP contribution in [0.5, 0.6) is 0 Å². The van der Waals surface area contributed by atoms with Crippen molar-refractivity contribution in [1.29, 1.82) is 0 Å². The average Bonchev–Trinajstić information content (AvgIpc) is 3.10. The molecule has 0 bridgehead atoms. The Morgan fingerprint density at radius 2 is 2.00 bits per heavy atom. The van der Waals surface area contributed by atoms with Crippen molar-refractivity contribution in [3.05, 3.63) is 48.0 Å². The molecule has 23 heavy (non-hydrogen) atoms. The highest BCUT2D eigenvalue weighted by Gasteiger charge is 2.46. The Kier molecular flexibility index (Phi) is 3.44. The van der Waals surface area contributed by atoms with E-state index in [-0.39, 0.29) is 11.8 Å². The summed E-state index contributed by atoms with van der Waals surface area (Å²) in [6.07, 6.45) is 7.23. The lowest BCUT2D eigenvalue weighted by Gasteiger charge is -2.21. The van der Waals surface area contributed by atoms with Crippen molar-refractivity contribution in [2.45, 2.75) is 13.5 Å².